The molecule has 0 spiro atoms. The lowest BCUT2D eigenvalue weighted by molar-refractivity contribution is 0.423. The number of H-pyrrole nitrogens is 1. The van der Waals surface area contributed by atoms with Gasteiger partial charge in [0.05, 0.1) is 6.20 Å². The second kappa shape index (κ2) is 3.39. The SMILES string of the molecule is CC(C)(C)NCc1cn[nH]c1C1CC1. The Labute approximate surface area is 85.3 Å². The molecule has 1 aromatic heterocycles. The molecule has 1 fully saturated rings. The van der Waals surface area contributed by atoms with Crippen LogP contribution in [-0.4, -0.2) is 15.7 Å². The van der Waals surface area contributed by atoms with Crippen LogP contribution in [0, 0.1) is 0 Å². The van der Waals surface area contributed by atoms with Gasteiger partial charge in [0.1, 0.15) is 0 Å². The van der Waals surface area contributed by atoms with E-state index in [1.807, 2.05) is 6.20 Å². The van der Waals surface area contributed by atoms with Gasteiger partial charge in [-0.1, -0.05) is 0 Å². The number of nitrogens with zero attached hydrogens (tertiary/aromatic N) is 1. The zero-order valence-electron chi connectivity index (χ0n) is 9.22. The van der Waals surface area contributed by atoms with Crippen LogP contribution in [0.4, 0.5) is 0 Å². The van der Waals surface area contributed by atoms with Crippen LogP contribution in [0.5, 0.6) is 0 Å². The zero-order valence-corrected chi connectivity index (χ0v) is 9.22. The van der Waals surface area contributed by atoms with Crippen LogP contribution in [0.3, 0.4) is 0 Å². The standard InChI is InChI=1S/C11H19N3/c1-11(2,3)12-6-9-7-13-14-10(9)8-4-5-8/h7-8,12H,4-6H2,1-3H3,(H,13,14). The fourth-order valence-corrected chi connectivity index (χ4v) is 1.55. The van der Waals surface area contributed by atoms with Crippen molar-refractivity contribution in [3.05, 3.63) is 17.5 Å². The molecule has 1 heterocycles. The lowest BCUT2D eigenvalue weighted by Crippen LogP contribution is -2.35. The molecule has 78 valence electrons. The Bertz CT molecular complexity index is 305. The van der Waals surface area contributed by atoms with Crippen molar-refractivity contribution in [3.63, 3.8) is 0 Å². The molecule has 0 amide bonds. The van der Waals surface area contributed by atoms with Crippen molar-refractivity contribution in [1.82, 2.24) is 15.5 Å². The van der Waals surface area contributed by atoms with Crippen molar-refractivity contribution in [3.8, 4) is 0 Å². The lowest BCUT2D eigenvalue weighted by atomic mass is 10.1. The Kier molecular flexibility index (Phi) is 2.35. The first-order valence-electron chi connectivity index (χ1n) is 5.33. The van der Waals surface area contributed by atoms with Crippen molar-refractivity contribution in [1.29, 1.82) is 0 Å². The molecule has 2 N–H and O–H groups in total. The van der Waals surface area contributed by atoms with Crippen LogP contribution >= 0.6 is 0 Å². The first-order chi connectivity index (χ1) is 6.56. The maximum absolute atomic E-state index is 4.12. The third-order valence-corrected chi connectivity index (χ3v) is 2.55. The van der Waals surface area contributed by atoms with E-state index in [-0.39, 0.29) is 5.54 Å². The van der Waals surface area contributed by atoms with Crippen molar-refractivity contribution < 1.29 is 0 Å². The molecule has 2 rings (SSSR count). The summed E-state index contributed by atoms with van der Waals surface area (Å²) in [6.07, 6.45) is 4.60. The zero-order chi connectivity index (χ0) is 10.2. The van der Waals surface area contributed by atoms with Gasteiger partial charge in [-0.05, 0) is 33.6 Å². The van der Waals surface area contributed by atoms with E-state index in [4.69, 9.17) is 0 Å². The van der Waals surface area contributed by atoms with Crippen LogP contribution in [0.2, 0.25) is 0 Å². The summed E-state index contributed by atoms with van der Waals surface area (Å²) in [5, 5.41) is 10.7. The van der Waals surface area contributed by atoms with Gasteiger partial charge in [-0.25, -0.2) is 0 Å². The van der Waals surface area contributed by atoms with E-state index in [1.54, 1.807) is 0 Å². The second-order valence-corrected chi connectivity index (χ2v) is 5.19. The van der Waals surface area contributed by atoms with Gasteiger partial charge in [-0.3, -0.25) is 5.10 Å². The minimum Gasteiger partial charge on any atom is -0.308 e. The molecule has 0 saturated heterocycles. The van der Waals surface area contributed by atoms with E-state index in [9.17, 15) is 0 Å². The number of rotatable bonds is 3. The molecular weight excluding hydrogens is 174 g/mol. The Morgan fingerprint density at radius 2 is 2.21 bits per heavy atom. The minimum absolute atomic E-state index is 0.179. The highest BCUT2D eigenvalue weighted by atomic mass is 15.1. The van der Waals surface area contributed by atoms with Gasteiger partial charge < -0.3 is 5.32 Å². The number of aromatic amines is 1. The minimum atomic E-state index is 0.179. The number of hydrogen-bond acceptors (Lipinski definition) is 2. The smallest absolute Gasteiger partial charge is 0.0535 e. The summed E-state index contributed by atoms with van der Waals surface area (Å²) in [6.45, 7) is 7.48. The summed E-state index contributed by atoms with van der Waals surface area (Å²) in [4.78, 5) is 0. The maximum Gasteiger partial charge on any atom is 0.0535 e. The van der Waals surface area contributed by atoms with Crippen molar-refractivity contribution in [2.24, 2.45) is 0 Å². The normalized spacial score (nSPS) is 17.4. The summed E-state index contributed by atoms with van der Waals surface area (Å²) in [7, 11) is 0. The van der Waals surface area contributed by atoms with Gasteiger partial charge >= 0.3 is 0 Å². The van der Waals surface area contributed by atoms with Crippen molar-refractivity contribution >= 4 is 0 Å². The third kappa shape index (κ3) is 2.35. The van der Waals surface area contributed by atoms with E-state index in [0.717, 1.165) is 12.5 Å². The second-order valence-electron chi connectivity index (χ2n) is 5.19. The van der Waals surface area contributed by atoms with Gasteiger partial charge in [-0.2, -0.15) is 5.10 Å². The predicted octanol–water partition coefficient (Wildman–Crippen LogP) is 2.18. The topological polar surface area (TPSA) is 40.7 Å². The molecule has 0 aromatic carbocycles. The van der Waals surface area contributed by atoms with E-state index < -0.39 is 0 Å². The molecular formula is C11H19N3. The quantitative estimate of drug-likeness (QED) is 0.772. The fraction of sp³-hybridized carbons (Fsp3) is 0.727. The molecule has 1 aliphatic rings. The van der Waals surface area contributed by atoms with Gasteiger partial charge in [0, 0.05) is 29.3 Å². The van der Waals surface area contributed by atoms with Crippen LogP contribution in [0.15, 0.2) is 6.20 Å². The van der Waals surface area contributed by atoms with Gasteiger partial charge in [0.25, 0.3) is 0 Å². The highest BCUT2D eigenvalue weighted by Crippen LogP contribution is 2.40. The summed E-state index contributed by atoms with van der Waals surface area (Å²) < 4.78 is 0. The van der Waals surface area contributed by atoms with Crippen LogP contribution < -0.4 is 5.32 Å². The Hall–Kier alpha value is -0.830. The summed E-state index contributed by atoms with van der Waals surface area (Å²) >= 11 is 0. The molecule has 1 aliphatic carbocycles. The summed E-state index contributed by atoms with van der Waals surface area (Å²) in [6, 6.07) is 0. The van der Waals surface area contributed by atoms with E-state index >= 15 is 0 Å². The number of nitrogens with one attached hydrogen (secondary N) is 2. The molecule has 14 heavy (non-hydrogen) atoms. The first kappa shape index (κ1) is 9.71. The van der Waals surface area contributed by atoms with Crippen LogP contribution in [0.1, 0.15) is 50.8 Å². The molecule has 0 unspecified atom stereocenters. The lowest BCUT2D eigenvalue weighted by Gasteiger charge is -2.20. The summed E-state index contributed by atoms with van der Waals surface area (Å²) in [5.41, 5.74) is 2.86. The van der Waals surface area contributed by atoms with E-state index in [1.165, 1.54) is 24.1 Å². The molecule has 3 nitrogen and oxygen atoms in total. The van der Waals surface area contributed by atoms with E-state index in [0.29, 0.717) is 0 Å². The largest absolute Gasteiger partial charge is 0.308 e. The van der Waals surface area contributed by atoms with Gasteiger partial charge in [-0.15, -0.1) is 0 Å². The van der Waals surface area contributed by atoms with Gasteiger partial charge in [0.15, 0.2) is 0 Å². The first-order valence-corrected chi connectivity index (χ1v) is 5.33. The van der Waals surface area contributed by atoms with Crippen LogP contribution in [0.25, 0.3) is 0 Å². The molecule has 0 atom stereocenters. The Morgan fingerprint density at radius 3 is 2.79 bits per heavy atom. The average Bonchev–Trinajstić information content (AvgIpc) is 2.81. The highest BCUT2D eigenvalue weighted by Gasteiger charge is 2.27. The molecule has 0 aliphatic heterocycles. The Balaban J connectivity index is 1.98. The molecule has 1 aromatic rings. The molecule has 0 bridgehead atoms. The third-order valence-electron chi connectivity index (χ3n) is 2.55. The molecule has 3 heteroatoms. The van der Waals surface area contributed by atoms with Crippen molar-refractivity contribution in [2.75, 3.05) is 0 Å². The highest BCUT2D eigenvalue weighted by molar-refractivity contribution is 5.24. The van der Waals surface area contributed by atoms with Crippen molar-refractivity contribution in [2.45, 2.75) is 51.6 Å². The van der Waals surface area contributed by atoms with E-state index in [2.05, 4.69) is 36.3 Å². The maximum atomic E-state index is 4.12. The fourth-order valence-electron chi connectivity index (χ4n) is 1.55. The predicted molar refractivity (Wildman–Crippen MR) is 57.2 cm³/mol. The van der Waals surface area contributed by atoms with Gasteiger partial charge in [0.2, 0.25) is 0 Å². The molecule has 0 radical (unpaired) electrons. The van der Waals surface area contributed by atoms with Crippen LogP contribution in [-0.2, 0) is 6.54 Å². The number of hydrogen-bond donors (Lipinski definition) is 2. The summed E-state index contributed by atoms with van der Waals surface area (Å²) in [5.74, 6) is 0.759. The average molecular weight is 193 g/mol. The number of aromatic nitrogens is 2. The monoisotopic (exact) mass is 193 g/mol. The Morgan fingerprint density at radius 1 is 1.50 bits per heavy atom. The molecule has 1 saturated carbocycles.